The third kappa shape index (κ3) is 1.21. The predicted molar refractivity (Wildman–Crippen MR) is 57.7 cm³/mol. The Labute approximate surface area is 93.7 Å². The highest BCUT2D eigenvalue weighted by Crippen LogP contribution is 2.49. The molecule has 0 spiro atoms. The molecule has 0 aliphatic carbocycles. The van der Waals surface area contributed by atoms with Crippen LogP contribution in [-0.4, -0.2) is 12.6 Å². The second-order valence-electron chi connectivity index (χ2n) is 3.91. The fraction of sp³-hybridized carbons (Fsp3) is 0.308. The summed E-state index contributed by atoms with van der Waals surface area (Å²) in [6, 6.07) is 8.00. The molecule has 3 nitrogen and oxygen atoms in total. The van der Waals surface area contributed by atoms with Gasteiger partial charge >= 0.3 is 5.97 Å². The minimum Gasteiger partial charge on any atom is -0.463 e. The Hall–Kier alpha value is -1.61. The molecule has 1 aromatic carbocycles. The summed E-state index contributed by atoms with van der Waals surface area (Å²) in [5.41, 5.74) is 2.91. The Morgan fingerprint density at radius 1 is 1.38 bits per heavy atom. The van der Waals surface area contributed by atoms with Crippen LogP contribution in [0.4, 0.5) is 0 Å². The number of rotatable bonds is 2. The standard InChI is InChI=1S/C13H12O3/c1-2-15-13(14)10-7-11-8-5-3-4-6-9(8)12(10)16-11/h3-7,11-12H,2H2,1H3/t11-,12-/m0/s1. The largest absolute Gasteiger partial charge is 0.463 e. The SMILES string of the molecule is CCOC(=O)C1=C[C@@H]2O[C@H]1c1ccccc12. The molecule has 0 saturated carbocycles. The van der Waals surface area contributed by atoms with E-state index in [2.05, 4.69) is 0 Å². The summed E-state index contributed by atoms with van der Waals surface area (Å²) in [5, 5.41) is 0. The van der Waals surface area contributed by atoms with E-state index in [4.69, 9.17) is 9.47 Å². The van der Waals surface area contributed by atoms with Crippen molar-refractivity contribution in [3.63, 3.8) is 0 Å². The molecular weight excluding hydrogens is 204 g/mol. The molecule has 3 rings (SSSR count). The second-order valence-corrected chi connectivity index (χ2v) is 3.91. The predicted octanol–water partition coefficient (Wildman–Crippen LogP) is 2.30. The molecule has 2 bridgehead atoms. The van der Waals surface area contributed by atoms with Crippen molar-refractivity contribution in [1.29, 1.82) is 0 Å². The van der Waals surface area contributed by atoms with E-state index in [1.807, 2.05) is 30.3 Å². The Balaban J connectivity index is 1.95. The Bertz CT molecular complexity index is 476. The van der Waals surface area contributed by atoms with E-state index in [1.54, 1.807) is 6.92 Å². The zero-order chi connectivity index (χ0) is 11.1. The third-order valence-electron chi connectivity index (χ3n) is 2.99. The first-order valence-electron chi connectivity index (χ1n) is 5.44. The zero-order valence-corrected chi connectivity index (χ0v) is 8.97. The molecule has 0 radical (unpaired) electrons. The van der Waals surface area contributed by atoms with Gasteiger partial charge in [-0.2, -0.15) is 0 Å². The van der Waals surface area contributed by atoms with Gasteiger partial charge in [0.15, 0.2) is 0 Å². The highest BCUT2D eigenvalue weighted by atomic mass is 16.5. The Morgan fingerprint density at radius 2 is 2.12 bits per heavy atom. The Morgan fingerprint density at radius 3 is 2.88 bits per heavy atom. The van der Waals surface area contributed by atoms with Crippen LogP contribution in [0.5, 0.6) is 0 Å². The zero-order valence-electron chi connectivity index (χ0n) is 8.97. The molecule has 16 heavy (non-hydrogen) atoms. The summed E-state index contributed by atoms with van der Waals surface area (Å²) in [7, 11) is 0. The lowest BCUT2D eigenvalue weighted by molar-refractivity contribution is -0.139. The maximum Gasteiger partial charge on any atom is 0.336 e. The Kier molecular flexibility index (Phi) is 2.07. The topological polar surface area (TPSA) is 35.5 Å². The smallest absolute Gasteiger partial charge is 0.336 e. The van der Waals surface area contributed by atoms with Crippen molar-refractivity contribution in [3.8, 4) is 0 Å². The summed E-state index contributed by atoms with van der Waals surface area (Å²) < 4.78 is 10.7. The number of benzene rings is 1. The van der Waals surface area contributed by atoms with Gasteiger partial charge in [0.2, 0.25) is 0 Å². The molecule has 0 unspecified atom stereocenters. The van der Waals surface area contributed by atoms with Gasteiger partial charge in [0.1, 0.15) is 12.2 Å². The lowest BCUT2D eigenvalue weighted by atomic mass is 9.92. The van der Waals surface area contributed by atoms with Gasteiger partial charge in [-0.15, -0.1) is 0 Å². The number of fused-ring (bicyclic) bond motifs is 5. The van der Waals surface area contributed by atoms with Crippen LogP contribution in [0, 0.1) is 0 Å². The van der Waals surface area contributed by atoms with Crippen molar-refractivity contribution in [3.05, 3.63) is 47.0 Å². The summed E-state index contributed by atoms with van der Waals surface area (Å²) in [6.07, 6.45) is 1.58. The van der Waals surface area contributed by atoms with Crippen molar-refractivity contribution in [1.82, 2.24) is 0 Å². The monoisotopic (exact) mass is 216 g/mol. The number of esters is 1. The quantitative estimate of drug-likeness (QED) is 0.711. The maximum atomic E-state index is 11.7. The first-order valence-corrected chi connectivity index (χ1v) is 5.44. The molecule has 0 amide bonds. The number of hydrogen-bond donors (Lipinski definition) is 0. The van der Waals surface area contributed by atoms with Crippen molar-refractivity contribution in [2.24, 2.45) is 0 Å². The molecule has 0 saturated heterocycles. The van der Waals surface area contributed by atoms with Gasteiger partial charge in [-0.05, 0) is 24.1 Å². The number of carbonyl (C=O) groups is 1. The first-order chi connectivity index (χ1) is 7.81. The molecule has 2 aliphatic heterocycles. The fourth-order valence-corrected chi connectivity index (χ4v) is 2.31. The van der Waals surface area contributed by atoms with Gasteiger partial charge in [0, 0.05) is 0 Å². The average Bonchev–Trinajstić information content (AvgIpc) is 2.88. The molecule has 0 aromatic heterocycles. The van der Waals surface area contributed by atoms with E-state index >= 15 is 0 Å². The van der Waals surface area contributed by atoms with E-state index in [-0.39, 0.29) is 18.2 Å². The molecule has 0 N–H and O–H groups in total. The molecule has 0 fully saturated rings. The van der Waals surface area contributed by atoms with E-state index < -0.39 is 0 Å². The van der Waals surface area contributed by atoms with Gasteiger partial charge in [0.25, 0.3) is 0 Å². The van der Waals surface area contributed by atoms with Crippen LogP contribution in [-0.2, 0) is 14.3 Å². The molecule has 82 valence electrons. The number of ether oxygens (including phenoxy) is 2. The lowest BCUT2D eigenvalue weighted by Gasteiger charge is -2.12. The normalized spacial score (nSPS) is 25.2. The van der Waals surface area contributed by atoms with Crippen LogP contribution in [0.25, 0.3) is 0 Å². The molecule has 2 atom stereocenters. The maximum absolute atomic E-state index is 11.7. The van der Waals surface area contributed by atoms with E-state index in [1.165, 1.54) is 5.56 Å². The van der Waals surface area contributed by atoms with E-state index in [9.17, 15) is 4.79 Å². The van der Waals surface area contributed by atoms with Crippen LogP contribution < -0.4 is 0 Å². The number of carbonyl (C=O) groups excluding carboxylic acids is 1. The van der Waals surface area contributed by atoms with Crippen LogP contribution in [0.3, 0.4) is 0 Å². The van der Waals surface area contributed by atoms with E-state index in [0.29, 0.717) is 12.2 Å². The second kappa shape index (κ2) is 3.46. The average molecular weight is 216 g/mol. The van der Waals surface area contributed by atoms with Gasteiger partial charge in [-0.25, -0.2) is 4.79 Å². The van der Waals surface area contributed by atoms with Crippen molar-refractivity contribution >= 4 is 5.97 Å². The van der Waals surface area contributed by atoms with Gasteiger partial charge in [-0.3, -0.25) is 0 Å². The summed E-state index contributed by atoms with van der Waals surface area (Å²) >= 11 is 0. The van der Waals surface area contributed by atoms with Crippen LogP contribution >= 0.6 is 0 Å². The van der Waals surface area contributed by atoms with E-state index in [0.717, 1.165) is 5.56 Å². The first kappa shape index (κ1) is 9.60. The molecular formula is C13H12O3. The van der Waals surface area contributed by atoms with Gasteiger partial charge in [-0.1, -0.05) is 24.3 Å². The lowest BCUT2D eigenvalue weighted by Crippen LogP contribution is -2.13. The summed E-state index contributed by atoms with van der Waals surface area (Å²) in [5.74, 6) is -0.260. The van der Waals surface area contributed by atoms with Crippen LogP contribution in [0.2, 0.25) is 0 Å². The number of hydrogen-bond acceptors (Lipinski definition) is 3. The molecule has 2 heterocycles. The summed E-state index contributed by atoms with van der Waals surface area (Å²) in [4.78, 5) is 11.7. The highest BCUT2D eigenvalue weighted by molar-refractivity contribution is 5.91. The van der Waals surface area contributed by atoms with Crippen molar-refractivity contribution < 1.29 is 14.3 Å². The fourth-order valence-electron chi connectivity index (χ4n) is 2.31. The highest BCUT2D eigenvalue weighted by Gasteiger charge is 2.41. The molecule has 1 aromatic rings. The minimum atomic E-state index is -0.260. The third-order valence-corrected chi connectivity index (χ3v) is 2.99. The molecule has 2 aliphatic rings. The van der Waals surface area contributed by atoms with Crippen molar-refractivity contribution in [2.45, 2.75) is 19.1 Å². The molecule has 3 heteroatoms. The summed E-state index contributed by atoms with van der Waals surface area (Å²) in [6.45, 7) is 2.20. The van der Waals surface area contributed by atoms with Gasteiger partial charge < -0.3 is 9.47 Å². The minimum absolute atomic E-state index is 0.0689. The van der Waals surface area contributed by atoms with Gasteiger partial charge in [0.05, 0.1) is 12.2 Å². The van der Waals surface area contributed by atoms with Crippen molar-refractivity contribution in [2.75, 3.05) is 6.61 Å². The van der Waals surface area contributed by atoms with Crippen LogP contribution in [0.1, 0.15) is 30.3 Å². The van der Waals surface area contributed by atoms with Crippen LogP contribution in [0.15, 0.2) is 35.9 Å².